The Labute approximate surface area is 164 Å². The second-order valence-corrected chi connectivity index (χ2v) is 9.96. The zero-order chi connectivity index (χ0) is 20.4. The minimum absolute atomic E-state index is 0.0212. The first-order valence-corrected chi connectivity index (χ1v) is 10.0. The van der Waals surface area contributed by atoms with Crippen molar-refractivity contribution in [1.82, 2.24) is 9.80 Å². The van der Waals surface area contributed by atoms with Crippen LogP contribution < -0.4 is 0 Å². The Balaban J connectivity index is 1.90. The van der Waals surface area contributed by atoms with Crippen molar-refractivity contribution in [3.63, 3.8) is 0 Å². The molecular formula is C23H36N2O2. The molecule has 1 aromatic rings. The van der Waals surface area contributed by atoms with Crippen molar-refractivity contribution >= 4 is 11.8 Å². The lowest BCUT2D eigenvalue weighted by atomic mass is 9.86. The summed E-state index contributed by atoms with van der Waals surface area (Å²) in [6, 6.07) is 8.55. The second kappa shape index (κ2) is 8.04. The maximum atomic E-state index is 12.8. The van der Waals surface area contributed by atoms with Gasteiger partial charge in [0.05, 0.1) is 0 Å². The van der Waals surface area contributed by atoms with Gasteiger partial charge in [0, 0.05) is 38.0 Å². The van der Waals surface area contributed by atoms with Crippen molar-refractivity contribution in [3.05, 3.63) is 35.4 Å². The summed E-state index contributed by atoms with van der Waals surface area (Å²) in [5.41, 5.74) is 2.24. The maximum Gasteiger partial charge on any atom is 0.227 e. The van der Waals surface area contributed by atoms with E-state index in [0.29, 0.717) is 19.6 Å². The number of nitrogens with zero attached hydrogens (tertiary/aromatic N) is 2. The molecule has 27 heavy (non-hydrogen) atoms. The fourth-order valence-corrected chi connectivity index (χ4v) is 3.58. The predicted octanol–water partition coefficient (Wildman–Crippen LogP) is 4.23. The molecule has 0 saturated carbocycles. The van der Waals surface area contributed by atoms with Crippen molar-refractivity contribution in [2.45, 2.75) is 66.3 Å². The van der Waals surface area contributed by atoms with Crippen molar-refractivity contribution in [3.8, 4) is 0 Å². The Morgan fingerprint density at radius 3 is 1.96 bits per heavy atom. The molecular weight excluding hydrogens is 336 g/mol. The van der Waals surface area contributed by atoms with Gasteiger partial charge in [0.2, 0.25) is 11.8 Å². The highest BCUT2D eigenvalue weighted by molar-refractivity contribution is 5.82. The van der Waals surface area contributed by atoms with Crippen LogP contribution in [0.2, 0.25) is 0 Å². The molecule has 0 spiro atoms. The summed E-state index contributed by atoms with van der Waals surface area (Å²) in [7, 11) is 1.88. The first kappa shape index (κ1) is 21.5. The van der Waals surface area contributed by atoms with E-state index in [9.17, 15) is 9.59 Å². The lowest BCUT2D eigenvalue weighted by Gasteiger charge is -2.36. The van der Waals surface area contributed by atoms with Gasteiger partial charge in [-0.2, -0.15) is 0 Å². The number of amides is 2. The third-order valence-corrected chi connectivity index (χ3v) is 5.39. The Hall–Kier alpha value is -1.84. The lowest BCUT2D eigenvalue weighted by molar-refractivity contribution is -0.144. The molecule has 2 rings (SSSR count). The van der Waals surface area contributed by atoms with Gasteiger partial charge in [-0.15, -0.1) is 0 Å². The standard InChI is InChI=1S/C23H36N2O2/c1-22(2,3)19-10-8-17(9-11-19)16-24(7)20(26)18-12-14-25(15-13-18)21(27)23(4,5)6/h8-11,18H,12-16H2,1-7H3. The molecule has 0 atom stereocenters. The minimum atomic E-state index is -0.354. The van der Waals surface area contributed by atoms with Gasteiger partial charge >= 0.3 is 0 Å². The molecule has 0 radical (unpaired) electrons. The van der Waals surface area contributed by atoms with Gasteiger partial charge in [0.1, 0.15) is 0 Å². The molecule has 1 aromatic carbocycles. The average molecular weight is 373 g/mol. The molecule has 1 aliphatic heterocycles. The van der Waals surface area contributed by atoms with Gasteiger partial charge in [-0.25, -0.2) is 0 Å². The Morgan fingerprint density at radius 1 is 1.00 bits per heavy atom. The number of rotatable bonds is 3. The van der Waals surface area contributed by atoms with E-state index in [1.54, 1.807) is 0 Å². The van der Waals surface area contributed by atoms with E-state index in [0.717, 1.165) is 18.4 Å². The average Bonchev–Trinajstić information content (AvgIpc) is 2.59. The van der Waals surface area contributed by atoms with Crippen LogP contribution in [0.15, 0.2) is 24.3 Å². The Bertz CT molecular complexity index is 657. The molecule has 1 aliphatic rings. The van der Waals surface area contributed by atoms with E-state index in [2.05, 4.69) is 45.0 Å². The molecule has 0 N–H and O–H groups in total. The quantitative estimate of drug-likeness (QED) is 0.797. The van der Waals surface area contributed by atoms with Crippen molar-refractivity contribution in [1.29, 1.82) is 0 Å². The van der Waals surface area contributed by atoms with Crippen LogP contribution in [0.1, 0.15) is 65.5 Å². The first-order valence-electron chi connectivity index (χ1n) is 10.0. The van der Waals surface area contributed by atoms with E-state index in [-0.39, 0.29) is 28.6 Å². The molecule has 0 aliphatic carbocycles. The van der Waals surface area contributed by atoms with Crippen molar-refractivity contribution in [2.24, 2.45) is 11.3 Å². The first-order chi connectivity index (χ1) is 12.4. The van der Waals surface area contributed by atoms with E-state index in [1.807, 2.05) is 37.6 Å². The number of hydrogen-bond donors (Lipinski definition) is 0. The van der Waals surface area contributed by atoms with Gasteiger partial charge in [0.15, 0.2) is 0 Å². The third-order valence-electron chi connectivity index (χ3n) is 5.39. The molecule has 0 aromatic heterocycles. The van der Waals surface area contributed by atoms with Crippen LogP contribution in [0.5, 0.6) is 0 Å². The molecule has 150 valence electrons. The smallest absolute Gasteiger partial charge is 0.227 e. The summed E-state index contributed by atoms with van der Waals surface area (Å²) < 4.78 is 0. The summed E-state index contributed by atoms with van der Waals surface area (Å²) in [5.74, 6) is 0.395. The number of likely N-dealkylation sites (tertiary alicyclic amines) is 1. The second-order valence-electron chi connectivity index (χ2n) is 9.96. The van der Waals surface area contributed by atoms with Gasteiger partial charge < -0.3 is 9.80 Å². The normalized spacial score (nSPS) is 16.3. The summed E-state index contributed by atoms with van der Waals surface area (Å²) in [5, 5.41) is 0. The fraction of sp³-hybridized carbons (Fsp3) is 0.652. The van der Waals surface area contributed by atoms with Crippen LogP contribution in [-0.2, 0) is 21.5 Å². The van der Waals surface area contributed by atoms with Crippen molar-refractivity contribution in [2.75, 3.05) is 20.1 Å². The zero-order valence-electron chi connectivity index (χ0n) is 18.1. The predicted molar refractivity (Wildman–Crippen MR) is 110 cm³/mol. The molecule has 1 heterocycles. The summed E-state index contributed by atoms with van der Waals surface area (Å²) >= 11 is 0. The SMILES string of the molecule is CN(Cc1ccc(C(C)(C)C)cc1)C(=O)C1CCN(C(=O)C(C)(C)C)CC1. The Morgan fingerprint density at radius 2 is 1.52 bits per heavy atom. The van der Waals surface area contributed by atoms with Crippen molar-refractivity contribution < 1.29 is 9.59 Å². The number of piperidine rings is 1. The van der Waals surface area contributed by atoms with Crippen LogP contribution in [-0.4, -0.2) is 41.8 Å². The molecule has 1 saturated heterocycles. The highest BCUT2D eigenvalue weighted by Crippen LogP contribution is 2.26. The van der Waals surface area contributed by atoms with Crippen LogP contribution in [0.3, 0.4) is 0 Å². The van der Waals surface area contributed by atoms with Gasteiger partial charge in [-0.1, -0.05) is 65.8 Å². The number of hydrogen-bond acceptors (Lipinski definition) is 2. The number of benzene rings is 1. The third kappa shape index (κ3) is 5.57. The largest absolute Gasteiger partial charge is 0.342 e. The molecule has 4 nitrogen and oxygen atoms in total. The molecule has 1 fully saturated rings. The summed E-state index contributed by atoms with van der Waals surface area (Å²) in [6.45, 7) is 14.4. The summed E-state index contributed by atoms with van der Waals surface area (Å²) in [6.07, 6.45) is 1.52. The van der Waals surface area contributed by atoms with E-state index >= 15 is 0 Å². The maximum absolute atomic E-state index is 12.8. The highest BCUT2D eigenvalue weighted by atomic mass is 16.2. The van der Waals surface area contributed by atoms with Crippen LogP contribution in [0.4, 0.5) is 0 Å². The lowest BCUT2D eigenvalue weighted by Crippen LogP contribution is -2.46. The van der Waals surface area contributed by atoms with E-state index in [4.69, 9.17) is 0 Å². The number of carbonyl (C=O) groups excluding carboxylic acids is 2. The topological polar surface area (TPSA) is 40.6 Å². The fourth-order valence-electron chi connectivity index (χ4n) is 3.58. The summed E-state index contributed by atoms with van der Waals surface area (Å²) in [4.78, 5) is 29.0. The van der Waals surface area contributed by atoms with Crippen LogP contribution in [0.25, 0.3) is 0 Å². The number of carbonyl (C=O) groups is 2. The van der Waals surface area contributed by atoms with E-state index < -0.39 is 0 Å². The van der Waals surface area contributed by atoms with Gasteiger partial charge in [0.25, 0.3) is 0 Å². The molecule has 0 bridgehead atoms. The van der Waals surface area contributed by atoms with Gasteiger partial charge in [-0.05, 0) is 29.4 Å². The van der Waals surface area contributed by atoms with E-state index in [1.165, 1.54) is 5.56 Å². The molecule has 4 heteroatoms. The highest BCUT2D eigenvalue weighted by Gasteiger charge is 2.33. The van der Waals surface area contributed by atoms with Crippen LogP contribution >= 0.6 is 0 Å². The van der Waals surface area contributed by atoms with Crippen LogP contribution in [0, 0.1) is 11.3 Å². The monoisotopic (exact) mass is 372 g/mol. The molecule has 2 amide bonds. The zero-order valence-corrected chi connectivity index (χ0v) is 18.1. The Kier molecular flexibility index (Phi) is 6.39. The van der Waals surface area contributed by atoms with Gasteiger partial charge in [-0.3, -0.25) is 9.59 Å². The minimum Gasteiger partial charge on any atom is -0.342 e. The molecule has 0 unspecified atom stereocenters.